The third kappa shape index (κ3) is 1.85. The van der Waals surface area contributed by atoms with E-state index in [1.807, 2.05) is 0 Å². The number of carbonyl (C=O) groups excluding carboxylic acids is 1. The lowest BCUT2D eigenvalue weighted by molar-refractivity contribution is -0.138. The molecule has 0 spiro atoms. The zero-order valence-corrected chi connectivity index (χ0v) is 6.72. The summed E-state index contributed by atoms with van der Waals surface area (Å²) in [6.07, 6.45) is -2.27. The molecule has 0 amide bonds. The molecule has 1 rings (SSSR count). The van der Waals surface area contributed by atoms with Crippen molar-refractivity contribution in [3.8, 4) is 0 Å². The van der Waals surface area contributed by atoms with E-state index in [-0.39, 0.29) is 11.1 Å². The molecule has 0 bridgehead atoms. The Hall–Kier alpha value is -1.39. The number of nitrogens with zero attached hydrogens (tertiary/aromatic N) is 1. The van der Waals surface area contributed by atoms with Crippen LogP contribution in [0.2, 0.25) is 0 Å². The third-order valence-electron chi connectivity index (χ3n) is 1.69. The van der Waals surface area contributed by atoms with Crippen molar-refractivity contribution in [2.24, 2.45) is 0 Å². The summed E-state index contributed by atoms with van der Waals surface area (Å²) < 4.78 is 36.6. The summed E-state index contributed by atoms with van der Waals surface area (Å²) in [6, 6.07) is 0. The van der Waals surface area contributed by atoms with Crippen molar-refractivity contribution in [1.82, 2.24) is 4.98 Å². The average Bonchev–Trinajstić information content (AvgIpc) is 2.02. The first kappa shape index (κ1) is 9.70. The summed E-state index contributed by atoms with van der Waals surface area (Å²) in [5.74, 6) is 0. The van der Waals surface area contributed by atoms with Gasteiger partial charge in [-0.25, -0.2) is 0 Å². The highest BCUT2D eigenvalue weighted by atomic mass is 19.4. The number of aromatic nitrogens is 1. The standard InChI is InChI=1S/C8H6F3NO/c1-5-6(4-13)2-12-3-7(5)8(9,10)11/h2-4H,1H3. The molecule has 0 aliphatic heterocycles. The molecule has 70 valence electrons. The smallest absolute Gasteiger partial charge is 0.298 e. The molecular formula is C8H6F3NO. The summed E-state index contributed by atoms with van der Waals surface area (Å²) >= 11 is 0. The minimum atomic E-state index is -4.45. The number of rotatable bonds is 1. The van der Waals surface area contributed by atoms with Crippen LogP contribution in [0.15, 0.2) is 12.4 Å². The first-order valence-corrected chi connectivity index (χ1v) is 3.44. The van der Waals surface area contributed by atoms with E-state index in [0.29, 0.717) is 12.5 Å². The Labute approximate surface area is 72.4 Å². The van der Waals surface area contributed by atoms with Crippen LogP contribution in [0.3, 0.4) is 0 Å². The van der Waals surface area contributed by atoms with Crippen LogP contribution in [0.1, 0.15) is 21.5 Å². The zero-order chi connectivity index (χ0) is 10.1. The fraction of sp³-hybridized carbons (Fsp3) is 0.250. The van der Waals surface area contributed by atoms with Crippen molar-refractivity contribution in [1.29, 1.82) is 0 Å². The molecule has 2 nitrogen and oxygen atoms in total. The van der Waals surface area contributed by atoms with Crippen LogP contribution in [0.25, 0.3) is 0 Å². The summed E-state index contributed by atoms with van der Waals surface area (Å²) in [6.45, 7) is 1.24. The molecule has 0 atom stereocenters. The van der Waals surface area contributed by atoms with Crippen LogP contribution in [0.5, 0.6) is 0 Å². The quantitative estimate of drug-likeness (QED) is 0.634. The van der Waals surface area contributed by atoms with Gasteiger partial charge >= 0.3 is 6.18 Å². The van der Waals surface area contributed by atoms with Gasteiger partial charge in [-0.05, 0) is 12.5 Å². The van der Waals surface area contributed by atoms with E-state index >= 15 is 0 Å². The van der Waals surface area contributed by atoms with E-state index in [1.165, 1.54) is 6.92 Å². The van der Waals surface area contributed by atoms with Crippen molar-refractivity contribution >= 4 is 6.29 Å². The van der Waals surface area contributed by atoms with Gasteiger partial charge in [-0.15, -0.1) is 0 Å². The van der Waals surface area contributed by atoms with Gasteiger partial charge < -0.3 is 0 Å². The largest absolute Gasteiger partial charge is 0.418 e. The lowest BCUT2D eigenvalue weighted by Gasteiger charge is -2.09. The van der Waals surface area contributed by atoms with Crippen LogP contribution < -0.4 is 0 Å². The number of carbonyl (C=O) groups is 1. The maximum absolute atomic E-state index is 12.2. The molecular weight excluding hydrogens is 183 g/mol. The molecule has 0 aliphatic rings. The Morgan fingerprint density at radius 3 is 2.46 bits per heavy atom. The Kier molecular flexibility index (Phi) is 2.36. The van der Waals surface area contributed by atoms with E-state index in [1.54, 1.807) is 0 Å². The van der Waals surface area contributed by atoms with Gasteiger partial charge in [0.15, 0.2) is 6.29 Å². The summed E-state index contributed by atoms with van der Waals surface area (Å²) in [4.78, 5) is 13.6. The van der Waals surface area contributed by atoms with Crippen LogP contribution in [0, 0.1) is 6.92 Å². The molecule has 0 fully saturated rings. The van der Waals surface area contributed by atoms with Crippen molar-refractivity contribution < 1.29 is 18.0 Å². The number of hydrogen-bond acceptors (Lipinski definition) is 2. The monoisotopic (exact) mass is 189 g/mol. The number of halogens is 3. The second-order valence-corrected chi connectivity index (χ2v) is 2.52. The minimum absolute atomic E-state index is 0.0326. The van der Waals surface area contributed by atoms with Gasteiger partial charge in [-0.1, -0.05) is 0 Å². The Balaban J connectivity index is 3.32. The summed E-state index contributed by atoms with van der Waals surface area (Å²) in [5.41, 5.74) is -0.982. The highest BCUT2D eigenvalue weighted by Gasteiger charge is 2.33. The Morgan fingerprint density at radius 1 is 1.38 bits per heavy atom. The van der Waals surface area contributed by atoms with E-state index in [0.717, 1.165) is 6.20 Å². The van der Waals surface area contributed by atoms with Gasteiger partial charge in [0, 0.05) is 18.0 Å². The van der Waals surface area contributed by atoms with Crippen molar-refractivity contribution in [2.45, 2.75) is 13.1 Å². The molecule has 0 unspecified atom stereocenters. The predicted molar refractivity (Wildman–Crippen MR) is 39.4 cm³/mol. The molecule has 5 heteroatoms. The summed E-state index contributed by atoms with van der Waals surface area (Å²) in [5, 5.41) is 0. The van der Waals surface area contributed by atoms with Gasteiger partial charge in [-0.2, -0.15) is 13.2 Å². The lowest BCUT2D eigenvalue weighted by atomic mass is 10.1. The van der Waals surface area contributed by atoms with Crippen LogP contribution >= 0.6 is 0 Å². The number of alkyl halides is 3. The van der Waals surface area contributed by atoms with Crippen LogP contribution in [-0.4, -0.2) is 11.3 Å². The Morgan fingerprint density at radius 2 is 2.00 bits per heavy atom. The van der Waals surface area contributed by atoms with Crippen molar-refractivity contribution in [2.75, 3.05) is 0 Å². The molecule has 0 N–H and O–H groups in total. The predicted octanol–water partition coefficient (Wildman–Crippen LogP) is 2.22. The van der Waals surface area contributed by atoms with Crippen molar-refractivity contribution in [3.63, 3.8) is 0 Å². The van der Waals surface area contributed by atoms with Gasteiger partial charge in [0.25, 0.3) is 0 Å². The average molecular weight is 189 g/mol. The molecule has 0 aliphatic carbocycles. The van der Waals surface area contributed by atoms with E-state index < -0.39 is 11.7 Å². The maximum atomic E-state index is 12.2. The van der Waals surface area contributed by atoms with Crippen LogP contribution in [-0.2, 0) is 6.18 Å². The third-order valence-corrected chi connectivity index (χ3v) is 1.69. The number of pyridine rings is 1. The van der Waals surface area contributed by atoms with Gasteiger partial charge in [-0.3, -0.25) is 9.78 Å². The molecule has 1 aromatic heterocycles. The van der Waals surface area contributed by atoms with Gasteiger partial charge in [0.05, 0.1) is 5.56 Å². The fourth-order valence-corrected chi connectivity index (χ4v) is 0.946. The van der Waals surface area contributed by atoms with E-state index in [4.69, 9.17) is 0 Å². The SMILES string of the molecule is Cc1c(C=O)cncc1C(F)(F)F. The zero-order valence-electron chi connectivity index (χ0n) is 6.72. The fourth-order valence-electron chi connectivity index (χ4n) is 0.946. The summed E-state index contributed by atoms with van der Waals surface area (Å²) in [7, 11) is 0. The van der Waals surface area contributed by atoms with Crippen molar-refractivity contribution in [3.05, 3.63) is 29.1 Å². The number of aldehydes is 1. The van der Waals surface area contributed by atoms with E-state index in [9.17, 15) is 18.0 Å². The molecule has 0 aromatic carbocycles. The molecule has 0 radical (unpaired) electrons. The minimum Gasteiger partial charge on any atom is -0.298 e. The molecule has 1 heterocycles. The molecule has 13 heavy (non-hydrogen) atoms. The first-order valence-electron chi connectivity index (χ1n) is 3.44. The molecule has 1 aromatic rings. The first-order chi connectivity index (χ1) is 5.96. The maximum Gasteiger partial charge on any atom is 0.418 e. The second-order valence-electron chi connectivity index (χ2n) is 2.52. The lowest BCUT2D eigenvalue weighted by Crippen LogP contribution is -2.09. The van der Waals surface area contributed by atoms with E-state index in [2.05, 4.69) is 4.98 Å². The highest BCUT2D eigenvalue weighted by Crippen LogP contribution is 2.31. The van der Waals surface area contributed by atoms with Gasteiger partial charge in [0.2, 0.25) is 0 Å². The Bertz CT molecular complexity index is 333. The number of hydrogen-bond donors (Lipinski definition) is 0. The second kappa shape index (κ2) is 3.16. The molecule has 0 saturated heterocycles. The molecule has 0 saturated carbocycles. The van der Waals surface area contributed by atoms with Gasteiger partial charge in [0.1, 0.15) is 0 Å². The van der Waals surface area contributed by atoms with Crippen LogP contribution in [0.4, 0.5) is 13.2 Å². The normalized spacial score (nSPS) is 11.4. The topological polar surface area (TPSA) is 30.0 Å². The highest BCUT2D eigenvalue weighted by molar-refractivity contribution is 5.77.